The molecule has 3 rings (SSSR count). The fourth-order valence-corrected chi connectivity index (χ4v) is 1.91. The van der Waals surface area contributed by atoms with E-state index >= 15 is 0 Å². The van der Waals surface area contributed by atoms with Gasteiger partial charge in [0.05, 0.1) is 18.1 Å². The maximum Gasteiger partial charge on any atom is 0.154 e. The molecule has 0 aliphatic heterocycles. The summed E-state index contributed by atoms with van der Waals surface area (Å²) in [5, 5.41) is 10.1. The van der Waals surface area contributed by atoms with E-state index in [-0.39, 0.29) is 5.75 Å². The molecule has 0 bridgehead atoms. The fraction of sp³-hybridized carbons (Fsp3) is 0. The van der Waals surface area contributed by atoms with Crippen LogP contribution in [0, 0.1) is 0 Å². The highest BCUT2D eigenvalue weighted by Crippen LogP contribution is 2.29. The monoisotopic (exact) mass is 254 g/mol. The summed E-state index contributed by atoms with van der Waals surface area (Å²) < 4.78 is 10.5. The average Bonchev–Trinajstić information content (AvgIpc) is 3.02. The molecule has 0 saturated carbocycles. The third-order valence-electron chi connectivity index (χ3n) is 2.83. The minimum absolute atomic E-state index is 0.0989. The Hall–Kier alpha value is -2.75. The first kappa shape index (κ1) is 11.3. The zero-order valence-electron chi connectivity index (χ0n) is 9.87. The first-order valence-corrected chi connectivity index (χ1v) is 5.69. The van der Waals surface area contributed by atoms with Gasteiger partial charge in [0.1, 0.15) is 17.1 Å². The van der Waals surface area contributed by atoms with Crippen molar-refractivity contribution >= 4 is 29.4 Å². The number of hydrogen-bond acceptors (Lipinski definition) is 4. The lowest BCUT2D eigenvalue weighted by Gasteiger charge is -1.90. The van der Waals surface area contributed by atoms with E-state index in [1.165, 1.54) is 12.1 Å². The summed E-state index contributed by atoms with van der Waals surface area (Å²) in [5.74, 6) is 0.554. The van der Waals surface area contributed by atoms with Gasteiger partial charge in [-0.3, -0.25) is 4.79 Å². The van der Waals surface area contributed by atoms with E-state index < -0.39 is 0 Å². The Morgan fingerprint density at radius 1 is 1.16 bits per heavy atom. The fourth-order valence-electron chi connectivity index (χ4n) is 1.91. The van der Waals surface area contributed by atoms with Crippen molar-refractivity contribution in [3.8, 4) is 5.75 Å². The number of aldehydes is 1. The highest BCUT2D eigenvalue weighted by molar-refractivity contribution is 6.00. The number of fused-ring (bicyclic) bond motifs is 1. The van der Waals surface area contributed by atoms with Crippen LogP contribution in [0.15, 0.2) is 45.6 Å². The van der Waals surface area contributed by atoms with Gasteiger partial charge in [0.25, 0.3) is 0 Å². The SMILES string of the molecule is O=Cc1c(C=Cc2ccoc2)oc2ccc(O)cc12. The molecule has 0 atom stereocenters. The minimum atomic E-state index is 0.0989. The van der Waals surface area contributed by atoms with E-state index in [0.29, 0.717) is 22.3 Å². The van der Waals surface area contributed by atoms with Gasteiger partial charge in [-0.05, 0) is 36.4 Å². The largest absolute Gasteiger partial charge is 0.508 e. The standard InChI is InChI=1S/C15H10O4/c16-8-13-12-7-11(17)2-4-14(12)19-15(13)3-1-10-5-6-18-9-10/h1-9,17H. The Labute approximate surface area is 108 Å². The highest BCUT2D eigenvalue weighted by Gasteiger charge is 2.11. The third-order valence-corrected chi connectivity index (χ3v) is 2.83. The quantitative estimate of drug-likeness (QED) is 0.723. The van der Waals surface area contributed by atoms with E-state index in [1.807, 2.05) is 0 Å². The molecule has 0 amide bonds. The lowest BCUT2D eigenvalue weighted by atomic mass is 10.1. The highest BCUT2D eigenvalue weighted by atomic mass is 16.3. The molecule has 19 heavy (non-hydrogen) atoms. The van der Waals surface area contributed by atoms with Crippen molar-refractivity contribution in [1.82, 2.24) is 0 Å². The van der Waals surface area contributed by atoms with Crippen molar-refractivity contribution in [3.05, 3.63) is 53.7 Å². The number of benzene rings is 1. The minimum Gasteiger partial charge on any atom is -0.508 e. The summed E-state index contributed by atoms with van der Waals surface area (Å²) >= 11 is 0. The molecule has 2 aromatic heterocycles. The predicted molar refractivity (Wildman–Crippen MR) is 70.9 cm³/mol. The molecular formula is C15H10O4. The summed E-state index contributed by atoms with van der Waals surface area (Å²) in [6.07, 6.45) is 7.36. The average molecular weight is 254 g/mol. The maximum atomic E-state index is 11.2. The van der Waals surface area contributed by atoms with Gasteiger partial charge in [0.15, 0.2) is 6.29 Å². The van der Waals surface area contributed by atoms with Crippen LogP contribution in [0.5, 0.6) is 5.75 Å². The van der Waals surface area contributed by atoms with E-state index in [2.05, 4.69) is 0 Å². The smallest absolute Gasteiger partial charge is 0.154 e. The summed E-state index contributed by atoms with van der Waals surface area (Å²) in [7, 11) is 0. The Balaban J connectivity index is 2.10. The van der Waals surface area contributed by atoms with Crippen molar-refractivity contribution in [2.75, 3.05) is 0 Å². The molecule has 3 aromatic rings. The van der Waals surface area contributed by atoms with Crippen LogP contribution >= 0.6 is 0 Å². The van der Waals surface area contributed by atoms with Crippen LogP contribution in [-0.4, -0.2) is 11.4 Å². The number of rotatable bonds is 3. The second kappa shape index (κ2) is 4.49. The summed E-state index contributed by atoms with van der Waals surface area (Å²) in [6, 6.07) is 6.46. The molecule has 0 radical (unpaired) electrons. The van der Waals surface area contributed by atoms with Gasteiger partial charge >= 0.3 is 0 Å². The summed E-state index contributed by atoms with van der Waals surface area (Å²) in [5.41, 5.74) is 1.86. The number of phenols is 1. The molecule has 0 aliphatic carbocycles. The molecule has 2 heterocycles. The van der Waals surface area contributed by atoms with Gasteiger partial charge < -0.3 is 13.9 Å². The number of carbonyl (C=O) groups excluding carboxylic acids is 1. The second-order valence-corrected chi connectivity index (χ2v) is 4.07. The van der Waals surface area contributed by atoms with Crippen molar-refractivity contribution in [1.29, 1.82) is 0 Å². The second-order valence-electron chi connectivity index (χ2n) is 4.07. The van der Waals surface area contributed by atoms with Gasteiger partial charge in [-0.1, -0.05) is 0 Å². The molecule has 4 nitrogen and oxygen atoms in total. The number of phenolic OH excluding ortho intramolecular Hbond substituents is 1. The molecule has 0 spiro atoms. The number of hydrogen-bond donors (Lipinski definition) is 1. The van der Waals surface area contributed by atoms with Crippen LogP contribution < -0.4 is 0 Å². The van der Waals surface area contributed by atoms with Crippen molar-refractivity contribution in [3.63, 3.8) is 0 Å². The van der Waals surface area contributed by atoms with Gasteiger partial charge in [-0.2, -0.15) is 0 Å². The number of aromatic hydroxyl groups is 1. The lowest BCUT2D eigenvalue weighted by Crippen LogP contribution is -1.79. The van der Waals surface area contributed by atoms with Crippen LogP contribution in [0.1, 0.15) is 21.7 Å². The van der Waals surface area contributed by atoms with Crippen LogP contribution in [0.2, 0.25) is 0 Å². The Morgan fingerprint density at radius 2 is 2.05 bits per heavy atom. The zero-order chi connectivity index (χ0) is 13.2. The summed E-state index contributed by atoms with van der Waals surface area (Å²) in [4.78, 5) is 11.2. The molecule has 4 heteroatoms. The summed E-state index contributed by atoms with van der Waals surface area (Å²) in [6.45, 7) is 0. The number of furan rings is 2. The van der Waals surface area contributed by atoms with E-state index in [9.17, 15) is 9.90 Å². The van der Waals surface area contributed by atoms with E-state index in [1.54, 1.807) is 36.8 Å². The zero-order valence-corrected chi connectivity index (χ0v) is 9.87. The maximum absolute atomic E-state index is 11.2. The first-order chi connectivity index (χ1) is 9.28. The third kappa shape index (κ3) is 2.04. The number of carbonyl (C=O) groups is 1. The van der Waals surface area contributed by atoms with Crippen LogP contribution in [0.4, 0.5) is 0 Å². The van der Waals surface area contributed by atoms with Gasteiger partial charge in [-0.25, -0.2) is 0 Å². The molecule has 0 unspecified atom stereocenters. The molecule has 1 N–H and O–H groups in total. The Morgan fingerprint density at radius 3 is 2.79 bits per heavy atom. The molecule has 1 aromatic carbocycles. The van der Waals surface area contributed by atoms with E-state index in [4.69, 9.17) is 8.83 Å². The molecule has 0 aliphatic rings. The Kier molecular flexibility index (Phi) is 2.68. The predicted octanol–water partition coefficient (Wildman–Crippen LogP) is 3.71. The lowest BCUT2D eigenvalue weighted by molar-refractivity contribution is 0.112. The van der Waals surface area contributed by atoms with Gasteiger partial charge in [0.2, 0.25) is 0 Å². The molecule has 0 fully saturated rings. The molecule has 0 saturated heterocycles. The van der Waals surface area contributed by atoms with Crippen LogP contribution in [-0.2, 0) is 0 Å². The molecular weight excluding hydrogens is 244 g/mol. The normalized spacial score (nSPS) is 11.4. The molecule has 94 valence electrons. The topological polar surface area (TPSA) is 63.6 Å². The first-order valence-electron chi connectivity index (χ1n) is 5.69. The van der Waals surface area contributed by atoms with Gasteiger partial charge in [-0.15, -0.1) is 0 Å². The van der Waals surface area contributed by atoms with Gasteiger partial charge in [0, 0.05) is 10.9 Å². The van der Waals surface area contributed by atoms with Crippen molar-refractivity contribution < 1.29 is 18.7 Å². The van der Waals surface area contributed by atoms with Crippen molar-refractivity contribution in [2.24, 2.45) is 0 Å². The van der Waals surface area contributed by atoms with Crippen molar-refractivity contribution in [2.45, 2.75) is 0 Å². The van der Waals surface area contributed by atoms with Crippen LogP contribution in [0.25, 0.3) is 23.1 Å². The Bertz CT molecular complexity index is 748. The van der Waals surface area contributed by atoms with E-state index in [0.717, 1.165) is 11.8 Å². The van der Waals surface area contributed by atoms with Crippen LogP contribution in [0.3, 0.4) is 0 Å².